The fraction of sp³-hybridized carbons (Fsp3) is 0.647. The second-order valence-electron chi connectivity index (χ2n) is 6.49. The van der Waals surface area contributed by atoms with E-state index in [0.717, 1.165) is 22.8 Å². The zero-order valence-corrected chi connectivity index (χ0v) is 12.7. The van der Waals surface area contributed by atoms with Crippen molar-refractivity contribution >= 4 is 11.6 Å². The lowest BCUT2D eigenvalue weighted by Gasteiger charge is -2.27. The highest BCUT2D eigenvalue weighted by molar-refractivity contribution is 6.32. The van der Waals surface area contributed by atoms with Crippen molar-refractivity contribution < 1.29 is 0 Å². The molecule has 0 saturated heterocycles. The van der Waals surface area contributed by atoms with E-state index in [4.69, 9.17) is 11.6 Å². The van der Waals surface area contributed by atoms with E-state index < -0.39 is 0 Å². The Kier molecular flexibility index (Phi) is 3.86. The van der Waals surface area contributed by atoms with Crippen molar-refractivity contribution in [2.75, 3.05) is 7.05 Å². The quantitative estimate of drug-likeness (QED) is 0.839. The summed E-state index contributed by atoms with van der Waals surface area (Å²) >= 11 is 6.49. The molecule has 19 heavy (non-hydrogen) atoms. The van der Waals surface area contributed by atoms with Gasteiger partial charge in [-0.25, -0.2) is 0 Å². The van der Waals surface area contributed by atoms with Gasteiger partial charge in [-0.3, -0.25) is 0 Å². The van der Waals surface area contributed by atoms with E-state index in [0.29, 0.717) is 6.04 Å². The van der Waals surface area contributed by atoms with Gasteiger partial charge in [-0.2, -0.15) is 0 Å². The van der Waals surface area contributed by atoms with E-state index in [-0.39, 0.29) is 0 Å². The van der Waals surface area contributed by atoms with Crippen molar-refractivity contribution in [1.82, 2.24) is 5.32 Å². The van der Waals surface area contributed by atoms with E-state index in [1.54, 1.807) is 0 Å². The van der Waals surface area contributed by atoms with Crippen LogP contribution in [0.15, 0.2) is 18.2 Å². The third kappa shape index (κ3) is 2.55. The number of halogens is 1. The fourth-order valence-corrected chi connectivity index (χ4v) is 4.57. The van der Waals surface area contributed by atoms with Crippen molar-refractivity contribution in [3.63, 3.8) is 0 Å². The molecule has 2 fully saturated rings. The lowest BCUT2D eigenvalue weighted by molar-refractivity contribution is 0.284. The number of benzene rings is 1. The highest BCUT2D eigenvalue weighted by atomic mass is 35.5. The smallest absolute Gasteiger partial charge is 0.0482 e. The predicted octanol–water partition coefficient (Wildman–Crippen LogP) is 4.74. The van der Waals surface area contributed by atoms with Crippen LogP contribution in [0, 0.1) is 24.7 Å². The second kappa shape index (κ2) is 5.46. The average Bonchev–Trinajstić information content (AvgIpc) is 3.02. The third-order valence-electron chi connectivity index (χ3n) is 5.37. The van der Waals surface area contributed by atoms with Crippen molar-refractivity contribution in [3.05, 3.63) is 34.3 Å². The van der Waals surface area contributed by atoms with Crippen molar-refractivity contribution in [3.8, 4) is 0 Å². The molecule has 0 amide bonds. The predicted molar refractivity (Wildman–Crippen MR) is 81.5 cm³/mol. The lowest BCUT2D eigenvalue weighted by Crippen LogP contribution is -2.23. The summed E-state index contributed by atoms with van der Waals surface area (Å²) in [4.78, 5) is 0. The van der Waals surface area contributed by atoms with Crippen LogP contribution in [0.1, 0.15) is 49.3 Å². The Labute approximate surface area is 121 Å². The minimum absolute atomic E-state index is 0.414. The standard InChI is InChI=1S/C17H24ClN/c1-11-4-3-5-15(17(11)18)16(19-2)10-14-9-12-6-7-13(14)8-12/h3-5,12-14,16,19H,6-10H2,1-2H3. The first-order valence-electron chi connectivity index (χ1n) is 7.61. The van der Waals surface area contributed by atoms with Crippen LogP contribution in [-0.4, -0.2) is 7.05 Å². The van der Waals surface area contributed by atoms with E-state index in [1.807, 2.05) is 0 Å². The molecule has 3 rings (SSSR count). The van der Waals surface area contributed by atoms with Crippen LogP contribution in [0.3, 0.4) is 0 Å². The Morgan fingerprint density at radius 3 is 2.79 bits per heavy atom. The van der Waals surface area contributed by atoms with Crippen LogP contribution < -0.4 is 5.32 Å². The molecule has 0 aliphatic heterocycles. The van der Waals surface area contributed by atoms with Gasteiger partial charge in [-0.15, -0.1) is 0 Å². The number of rotatable bonds is 4. The van der Waals surface area contributed by atoms with Gasteiger partial charge in [-0.1, -0.05) is 36.2 Å². The van der Waals surface area contributed by atoms with Gasteiger partial charge in [0.2, 0.25) is 0 Å². The zero-order valence-electron chi connectivity index (χ0n) is 12.0. The molecule has 1 nitrogen and oxygen atoms in total. The summed E-state index contributed by atoms with van der Waals surface area (Å²) < 4.78 is 0. The van der Waals surface area contributed by atoms with E-state index in [2.05, 4.69) is 37.5 Å². The monoisotopic (exact) mass is 277 g/mol. The molecule has 2 aliphatic carbocycles. The van der Waals surface area contributed by atoms with Gasteiger partial charge in [0.05, 0.1) is 0 Å². The number of fused-ring (bicyclic) bond motifs is 2. The third-order valence-corrected chi connectivity index (χ3v) is 5.88. The lowest BCUT2D eigenvalue weighted by atomic mass is 9.82. The van der Waals surface area contributed by atoms with Crippen LogP contribution in [-0.2, 0) is 0 Å². The number of nitrogens with one attached hydrogen (secondary N) is 1. The largest absolute Gasteiger partial charge is 0.313 e. The van der Waals surface area contributed by atoms with E-state index in [1.165, 1.54) is 43.2 Å². The van der Waals surface area contributed by atoms with Crippen molar-refractivity contribution in [1.29, 1.82) is 0 Å². The molecular formula is C17H24ClN. The molecule has 2 saturated carbocycles. The molecule has 2 heteroatoms. The maximum Gasteiger partial charge on any atom is 0.0482 e. The summed E-state index contributed by atoms with van der Waals surface area (Å²) in [5, 5.41) is 4.44. The van der Waals surface area contributed by atoms with Crippen LogP contribution in [0.4, 0.5) is 0 Å². The Morgan fingerprint density at radius 2 is 2.16 bits per heavy atom. The minimum atomic E-state index is 0.414. The van der Waals surface area contributed by atoms with Crippen molar-refractivity contribution in [2.24, 2.45) is 17.8 Å². The highest BCUT2D eigenvalue weighted by Crippen LogP contribution is 2.51. The topological polar surface area (TPSA) is 12.0 Å². The van der Waals surface area contributed by atoms with Crippen LogP contribution in [0.5, 0.6) is 0 Å². The van der Waals surface area contributed by atoms with Crippen LogP contribution >= 0.6 is 11.6 Å². The zero-order chi connectivity index (χ0) is 13.4. The summed E-state index contributed by atoms with van der Waals surface area (Å²) in [7, 11) is 2.07. The molecule has 1 aromatic rings. The maximum absolute atomic E-state index is 6.49. The first-order valence-corrected chi connectivity index (χ1v) is 7.99. The maximum atomic E-state index is 6.49. The molecule has 0 aromatic heterocycles. The Hall–Kier alpha value is -0.530. The molecule has 0 radical (unpaired) electrons. The van der Waals surface area contributed by atoms with Gasteiger partial charge in [0, 0.05) is 11.1 Å². The van der Waals surface area contributed by atoms with E-state index in [9.17, 15) is 0 Å². The Balaban J connectivity index is 1.75. The molecule has 2 bridgehead atoms. The SMILES string of the molecule is CNC(CC1CC2CCC1C2)c1cccc(C)c1Cl. The highest BCUT2D eigenvalue weighted by Gasteiger charge is 2.40. The number of hydrogen-bond donors (Lipinski definition) is 1. The summed E-state index contributed by atoms with van der Waals surface area (Å²) in [6.45, 7) is 2.09. The molecule has 0 spiro atoms. The number of aryl methyl sites for hydroxylation is 1. The van der Waals surface area contributed by atoms with Gasteiger partial charge in [-0.05, 0) is 68.5 Å². The molecular weight excluding hydrogens is 254 g/mol. The van der Waals surface area contributed by atoms with Crippen LogP contribution in [0.2, 0.25) is 5.02 Å². The molecule has 4 unspecified atom stereocenters. The Morgan fingerprint density at radius 1 is 1.32 bits per heavy atom. The normalized spacial score (nSPS) is 30.8. The van der Waals surface area contributed by atoms with Crippen LogP contribution in [0.25, 0.3) is 0 Å². The summed E-state index contributed by atoms with van der Waals surface area (Å²) in [5.41, 5.74) is 2.47. The second-order valence-corrected chi connectivity index (χ2v) is 6.87. The van der Waals surface area contributed by atoms with Gasteiger partial charge in [0.1, 0.15) is 0 Å². The van der Waals surface area contributed by atoms with E-state index >= 15 is 0 Å². The molecule has 1 N–H and O–H groups in total. The first kappa shape index (κ1) is 13.5. The summed E-state index contributed by atoms with van der Waals surface area (Å²) in [6.07, 6.45) is 7.14. The molecule has 1 aromatic carbocycles. The van der Waals surface area contributed by atoms with Gasteiger partial charge >= 0.3 is 0 Å². The number of hydrogen-bond acceptors (Lipinski definition) is 1. The molecule has 0 heterocycles. The molecule has 104 valence electrons. The Bertz CT molecular complexity index is 457. The van der Waals surface area contributed by atoms with Gasteiger partial charge in [0.15, 0.2) is 0 Å². The fourth-order valence-electron chi connectivity index (χ4n) is 4.31. The summed E-state index contributed by atoms with van der Waals surface area (Å²) in [5.74, 6) is 2.93. The first-order chi connectivity index (χ1) is 9.19. The van der Waals surface area contributed by atoms with Gasteiger partial charge in [0.25, 0.3) is 0 Å². The average molecular weight is 278 g/mol. The minimum Gasteiger partial charge on any atom is -0.313 e. The molecule has 2 aliphatic rings. The van der Waals surface area contributed by atoms with Gasteiger partial charge < -0.3 is 5.32 Å². The summed E-state index contributed by atoms with van der Waals surface area (Å²) in [6, 6.07) is 6.82. The molecule has 4 atom stereocenters. The van der Waals surface area contributed by atoms with Crippen molar-refractivity contribution in [2.45, 2.75) is 45.1 Å².